The van der Waals surface area contributed by atoms with E-state index in [1.807, 2.05) is 0 Å². The van der Waals surface area contributed by atoms with Crippen LogP contribution in [0.15, 0.2) is 23.8 Å². The van der Waals surface area contributed by atoms with Crippen LogP contribution < -0.4 is 5.73 Å². The Bertz CT molecular complexity index is 307. The Balaban J connectivity index is 0. The van der Waals surface area contributed by atoms with Crippen molar-refractivity contribution >= 4 is 5.97 Å². The molecule has 0 aliphatic heterocycles. The van der Waals surface area contributed by atoms with E-state index in [4.69, 9.17) is 10.8 Å². The molecule has 0 aromatic heterocycles. The number of hydrogen-bond donors (Lipinski definition) is 2. The van der Waals surface area contributed by atoms with Gasteiger partial charge >= 0.3 is 18.1 Å². The molecular formula is C8H9F6NO2. The molecule has 3 N–H and O–H groups in total. The van der Waals surface area contributed by atoms with E-state index in [9.17, 15) is 31.1 Å². The van der Waals surface area contributed by atoms with Crippen LogP contribution in [0.25, 0.3) is 0 Å². The van der Waals surface area contributed by atoms with Crippen molar-refractivity contribution in [3.05, 3.63) is 23.8 Å². The Kier molecular flexibility index (Phi) is 10.2. The third-order valence-electron chi connectivity index (χ3n) is 1.08. The summed E-state index contributed by atoms with van der Waals surface area (Å²) in [6.45, 7) is -0.0802. The smallest absolute Gasteiger partial charge is 0.310 e. The molecule has 3 nitrogen and oxygen atoms in total. The fourth-order valence-electron chi connectivity index (χ4n) is 0.421. The van der Waals surface area contributed by atoms with Gasteiger partial charge in [0.2, 0.25) is 0 Å². The minimum Gasteiger partial charge on any atom is -0.481 e. The highest BCUT2D eigenvalue weighted by molar-refractivity contribution is 5.69. The van der Waals surface area contributed by atoms with E-state index in [0.29, 0.717) is 0 Å². The molecule has 0 spiro atoms. The SMILES string of the molecule is NCCC(F)=C(F)F.O=C(O)CC(F)=C(F)F. The fourth-order valence-corrected chi connectivity index (χ4v) is 0.421. The highest BCUT2D eigenvalue weighted by Gasteiger charge is 2.08. The lowest BCUT2D eigenvalue weighted by molar-refractivity contribution is -0.136. The number of carbonyl (C=O) groups is 1. The maximum absolute atomic E-state index is 11.6. The van der Waals surface area contributed by atoms with E-state index in [2.05, 4.69) is 0 Å². The molecular weight excluding hydrogens is 256 g/mol. The van der Waals surface area contributed by atoms with Crippen molar-refractivity contribution in [2.24, 2.45) is 5.73 Å². The molecule has 0 amide bonds. The first-order chi connectivity index (χ1) is 7.72. The van der Waals surface area contributed by atoms with Crippen LogP contribution in [0.4, 0.5) is 26.3 Å². The van der Waals surface area contributed by atoms with Gasteiger partial charge in [0.15, 0.2) is 11.7 Å². The molecule has 0 aliphatic carbocycles. The number of nitrogens with two attached hydrogens (primary N) is 1. The molecule has 0 saturated heterocycles. The van der Waals surface area contributed by atoms with Crippen molar-refractivity contribution in [3.63, 3.8) is 0 Å². The lowest BCUT2D eigenvalue weighted by atomic mass is 10.4. The Morgan fingerprint density at radius 1 is 0.941 bits per heavy atom. The van der Waals surface area contributed by atoms with Gasteiger partial charge in [-0.05, 0) is 6.54 Å². The summed E-state index contributed by atoms with van der Waals surface area (Å²) in [4.78, 5) is 9.51. The maximum atomic E-state index is 11.6. The summed E-state index contributed by atoms with van der Waals surface area (Å²) in [7, 11) is 0. The van der Waals surface area contributed by atoms with Crippen LogP contribution >= 0.6 is 0 Å². The molecule has 0 aliphatic rings. The number of hydrogen-bond acceptors (Lipinski definition) is 2. The first kappa shape index (κ1) is 17.9. The molecule has 9 heteroatoms. The van der Waals surface area contributed by atoms with Crippen molar-refractivity contribution in [1.82, 2.24) is 0 Å². The second-order valence-corrected chi connectivity index (χ2v) is 2.44. The number of carboxylic acids is 1. The molecule has 0 saturated carbocycles. The molecule has 0 aromatic rings. The Morgan fingerprint density at radius 3 is 1.47 bits per heavy atom. The number of halogens is 6. The number of aliphatic carboxylic acids is 1. The topological polar surface area (TPSA) is 63.3 Å². The summed E-state index contributed by atoms with van der Waals surface area (Å²) in [5.74, 6) is -4.91. The van der Waals surface area contributed by atoms with Crippen molar-refractivity contribution in [2.75, 3.05) is 6.54 Å². The quantitative estimate of drug-likeness (QED) is 0.768. The summed E-state index contributed by atoms with van der Waals surface area (Å²) >= 11 is 0. The minimum atomic E-state index is -2.57. The number of carboxylic acid groups (broad SMARTS) is 1. The van der Waals surface area contributed by atoms with Gasteiger partial charge < -0.3 is 10.8 Å². The van der Waals surface area contributed by atoms with Crippen LogP contribution in [0.1, 0.15) is 12.8 Å². The third-order valence-corrected chi connectivity index (χ3v) is 1.08. The van der Waals surface area contributed by atoms with Crippen LogP contribution in [-0.4, -0.2) is 17.6 Å². The molecule has 0 unspecified atom stereocenters. The molecule has 17 heavy (non-hydrogen) atoms. The normalized spacial score (nSPS) is 8.88. The van der Waals surface area contributed by atoms with Crippen LogP contribution in [-0.2, 0) is 4.79 Å². The van der Waals surface area contributed by atoms with Crippen molar-refractivity contribution in [1.29, 1.82) is 0 Å². The zero-order valence-electron chi connectivity index (χ0n) is 8.32. The van der Waals surface area contributed by atoms with Crippen molar-refractivity contribution in [2.45, 2.75) is 12.8 Å². The van der Waals surface area contributed by atoms with Gasteiger partial charge in [0.05, 0.1) is 0 Å². The standard InChI is InChI=1S/C4H6F3N.C4H3F3O2/c5-3(1-2-8)4(6)7;5-2(4(6)7)1-3(8)9/h1-2,8H2;1H2,(H,8,9). The zero-order chi connectivity index (χ0) is 14.0. The third kappa shape index (κ3) is 12.4. The summed E-state index contributed by atoms with van der Waals surface area (Å²) in [6.07, 6.45) is -6.46. The maximum Gasteiger partial charge on any atom is 0.310 e. The fraction of sp³-hybridized carbons (Fsp3) is 0.375. The predicted molar refractivity (Wildman–Crippen MR) is 46.6 cm³/mol. The summed E-state index contributed by atoms with van der Waals surface area (Å²) in [5.41, 5.74) is 4.76. The average Bonchev–Trinajstić information content (AvgIpc) is 2.17. The van der Waals surface area contributed by atoms with E-state index in [0.717, 1.165) is 0 Å². The van der Waals surface area contributed by atoms with Crippen molar-refractivity contribution < 1.29 is 36.2 Å². The molecule has 0 heterocycles. The van der Waals surface area contributed by atoms with Gasteiger partial charge in [-0.1, -0.05) is 0 Å². The molecule has 0 fully saturated rings. The van der Waals surface area contributed by atoms with Gasteiger partial charge in [0, 0.05) is 6.42 Å². The monoisotopic (exact) mass is 265 g/mol. The Hall–Kier alpha value is -1.51. The molecule has 0 atom stereocenters. The second kappa shape index (κ2) is 9.70. The van der Waals surface area contributed by atoms with E-state index in [-0.39, 0.29) is 13.0 Å². The van der Waals surface area contributed by atoms with Gasteiger partial charge in [-0.2, -0.15) is 17.6 Å². The largest absolute Gasteiger partial charge is 0.481 e. The average molecular weight is 265 g/mol. The summed E-state index contributed by atoms with van der Waals surface area (Å²) < 4.78 is 67.3. The van der Waals surface area contributed by atoms with E-state index < -0.39 is 36.2 Å². The van der Waals surface area contributed by atoms with Gasteiger partial charge in [0.1, 0.15) is 6.42 Å². The lowest BCUT2D eigenvalue weighted by Gasteiger charge is -1.87. The van der Waals surface area contributed by atoms with Crippen LogP contribution in [0.5, 0.6) is 0 Å². The Labute approximate surface area is 92.2 Å². The van der Waals surface area contributed by atoms with E-state index >= 15 is 0 Å². The van der Waals surface area contributed by atoms with Gasteiger partial charge in [-0.15, -0.1) is 0 Å². The Morgan fingerprint density at radius 2 is 1.35 bits per heavy atom. The van der Waals surface area contributed by atoms with Crippen LogP contribution in [0.3, 0.4) is 0 Å². The first-order valence-electron chi connectivity index (χ1n) is 4.03. The minimum absolute atomic E-state index is 0.0802. The molecule has 0 bridgehead atoms. The van der Waals surface area contributed by atoms with E-state index in [1.165, 1.54) is 0 Å². The lowest BCUT2D eigenvalue weighted by Crippen LogP contribution is -1.98. The first-order valence-corrected chi connectivity index (χ1v) is 4.03. The van der Waals surface area contributed by atoms with Crippen LogP contribution in [0, 0.1) is 0 Å². The molecule has 100 valence electrons. The molecule has 0 radical (unpaired) electrons. The predicted octanol–water partition coefficient (Wildman–Crippen LogP) is 2.95. The summed E-state index contributed by atoms with van der Waals surface area (Å²) in [6, 6.07) is 0. The number of rotatable bonds is 4. The second-order valence-electron chi connectivity index (χ2n) is 2.44. The van der Waals surface area contributed by atoms with E-state index in [1.54, 1.807) is 0 Å². The highest BCUT2D eigenvalue weighted by atomic mass is 19.3. The van der Waals surface area contributed by atoms with Gasteiger partial charge in [-0.25, -0.2) is 8.78 Å². The van der Waals surface area contributed by atoms with Crippen LogP contribution in [0.2, 0.25) is 0 Å². The highest BCUT2D eigenvalue weighted by Crippen LogP contribution is 2.12. The zero-order valence-corrected chi connectivity index (χ0v) is 8.32. The van der Waals surface area contributed by atoms with Crippen molar-refractivity contribution in [3.8, 4) is 0 Å². The van der Waals surface area contributed by atoms with Gasteiger partial charge in [0.25, 0.3) is 0 Å². The molecule has 0 rings (SSSR count). The summed E-state index contributed by atoms with van der Waals surface area (Å²) in [5, 5.41) is 7.73. The van der Waals surface area contributed by atoms with Gasteiger partial charge in [-0.3, -0.25) is 4.79 Å². The molecule has 0 aromatic carbocycles.